The minimum Gasteiger partial charge on any atom is -0.461 e. The summed E-state index contributed by atoms with van der Waals surface area (Å²) in [6, 6.07) is 3.80. The monoisotopic (exact) mass is 308 g/mol. The number of carbonyl (C=O) groups is 1. The second-order valence-corrected chi connectivity index (χ2v) is 6.17. The zero-order valence-electron chi connectivity index (χ0n) is 12.7. The number of furan rings is 1. The lowest BCUT2D eigenvalue weighted by atomic mass is 10.1. The molecule has 7 heteroatoms. The Morgan fingerprint density at radius 2 is 2.19 bits per heavy atom. The van der Waals surface area contributed by atoms with Crippen molar-refractivity contribution in [2.24, 2.45) is 13.0 Å². The van der Waals surface area contributed by atoms with Crippen molar-refractivity contribution in [2.45, 2.75) is 32.0 Å². The molecule has 0 spiro atoms. The number of hydrogen-bond acceptors (Lipinski definition) is 5. The van der Waals surface area contributed by atoms with E-state index in [2.05, 4.69) is 29.4 Å². The van der Waals surface area contributed by atoms with E-state index >= 15 is 0 Å². The van der Waals surface area contributed by atoms with Crippen molar-refractivity contribution < 1.29 is 9.21 Å². The van der Waals surface area contributed by atoms with Gasteiger partial charge >= 0.3 is 0 Å². The molecule has 1 N–H and O–H groups in total. The Morgan fingerprint density at radius 1 is 1.43 bits per heavy atom. The van der Waals surface area contributed by atoms with Crippen LogP contribution in [0.5, 0.6) is 0 Å². The number of hydrogen-bond donors (Lipinski definition) is 1. The zero-order chi connectivity index (χ0) is 15.4. The van der Waals surface area contributed by atoms with Gasteiger partial charge in [-0.05, 0) is 25.0 Å². The van der Waals surface area contributed by atoms with Crippen molar-refractivity contribution in [3.63, 3.8) is 0 Å². The molecule has 6 nitrogen and oxygen atoms in total. The van der Waals surface area contributed by atoms with Gasteiger partial charge in [-0.25, -0.2) is 0 Å². The van der Waals surface area contributed by atoms with Gasteiger partial charge in [-0.2, -0.15) is 0 Å². The van der Waals surface area contributed by atoms with Gasteiger partial charge in [0.1, 0.15) is 0 Å². The SMILES string of the molecule is CC(C)C(C)NC(=O)CSc1nnc(-c2ccco2)n1C. The Balaban J connectivity index is 1.94. The minimum absolute atomic E-state index is 0.00347. The van der Waals surface area contributed by atoms with Crippen LogP contribution in [0.3, 0.4) is 0 Å². The van der Waals surface area contributed by atoms with E-state index < -0.39 is 0 Å². The van der Waals surface area contributed by atoms with Crippen LogP contribution in [-0.2, 0) is 11.8 Å². The van der Waals surface area contributed by atoms with Gasteiger partial charge in [0.2, 0.25) is 5.91 Å². The quantitative estimate of drug-likeness (QED) is 0.829. The highest BCUT2D eigenvalue weighted by Crippen LogP contribution is 2.22. The van der Waals surface area contributed by atoms with E-state index in [-0.39, 0.29) is 11.9 Å². The number of nitrogens with one attached hydrogen (secondary N) is 1. The van der Waals surface area contributed by atoms with Gasteiger partial charge in [-0.3, -0.25) is 4.79 Å². The lowest BCUT2D eigenvalue weighted by Crippen LogP contribution is -2.37. The van der Waals surface area contributed by atoms with Crippen molar-refractivity contribution >= 4 is 17.7 Å². The number of carbonyl (C=O) groups excluding carboxylic acids is 1. The average Bonchev–Trinajstić information content (AvgIpc) is 3.05. The molecule has 2 aromatic rings. The molecular formula is C14H20N4O2S. The van der Waals surface area contributed by atoms with E-state index in [0.29, 0.717) is 28.4 Å². The molecule has 0 bridgehead atoms. The fourth-order valence-corrected chi connectivity index (χ4v) is 2.38. The summed E-state index contributed by atoms with van der Waals surface area (Å²) in [5, 5.41) is 11.8. The standard InChI is InChI=1S/C14H20N4O2S/c1-9(2)10(3)15-12(19)8-21-14-17-16-13(18(14)4)11-6-5-7-20-11/h5-7,9-10H,8H2,1-4H3,(H,15,19). The molecule has 0 aliphatic heterocycles. The van der Waals surface area contributed by atoms with Gasteiger partial charge in [-0.1, -0.05) is 25.6 Å². The van der Waals surface area contributed by atoms with Crippen LogP contribution in [0.4, 0.5) is 0 Å². The largest absolute Gasteiger partial charge is 0.461 e. The predicted molar refractivity (Wildman–Crippen MR) is 81.9 cm³/mol. The van der Waals surface area contributed by atoms with Crippen LogP contribution in [0, 0.1) is 5.92 Å². The predicted octanol–water partition coefficient (Wildman–Crippen LogP) is 2.33. The lowest BCUT2D eigenvalue weighted by Gasteiger charge is -2.16. The minimum atomic E-state index is 0.00347. The van der Waals surface area contributed by atoms with Crippen LogP contribution in [0.1, 0.15) is 20.8 Å². The molecule has 1 unspecified atom stereocenters. The topological polar surface area (TPSA) is 73.0 Å². The van der Waals surface area contributed by atoms with Crippen LogP contribution in [0.2, 0.25) is 0 Å². The molecule has 0 fully saturated rings. The molecule has 0 saturated carbocycles. The number of amides is 1. The molecule has 0 radical (unpaired) electrons. The van der Waals surface area contributed by atoms with Crippen LogP contribution in [-0.4, -0.2) is 32.5 Å². The molecular weight excluding hydrogens is 288 g/mol. The molecule has 1 atom stereocenters. The highest BCUT2D eigenvalue weighted by molar-refractivity contribution is 7.99. The molecule has 0 saturated heterocycles. The first-order chi connectivity index (χ1) is 9.99. The molecule has 2 rings (SSSR count). The Kier molecular flexibility index (Phi) is 5.06. The van der Waals surface area contributed by atoms with Gasteiger partial charge in [-0.15, -0.1) is 10.2 Å². The normalized spacial score (nSPS) is 12.6. The Labute approximate surface area is 128 Å². The molecule has 1 amide bonds. The third-order valence-corrected chi connectivity index (χ3v) is 4.32. The Hall–Kier alpha value is -1.76. The van der Waals surface area contributed by atoms with E-state index in [1.165, 1.54) is 11.8 Å². The van der Waals surface area contributed by atoms with Crippen LogP contribution >= 0.6 is 11.8 Å². The molecule has 0 aliphatic rings. The summed E-state index contributed by atoms with van der Waals surface area (Å²) in [5.74, 6) is 2.05. The maximum Gasteiger partial charge on any atom is 0.230 e. The van der Waals surface area contributed by atoms with Crippen LogP contribution in [0.15, 0.2) is 28.0 Å². The second kappa shape index (κ2) is 6.80. The second-order valence-electron chi connectivity index (χ2n) is 5.23. The van der Waals surface area contributed by atoms with Crippen molar-refractivity contribution in [2.75, 3.05) is 5.75 Å². The van der Waals surface area contributed by atoms with E-state index in [4.69, 9.17) is 4.42 Å². The van der Waals surface area contributed by atoms with E-state index in [1.807, 2.05) is 24.6 Å². The third-order valence-electron chi connectivity index (χ3n) is 3.30. The number of thioether (sulfide) groups is 1. The summed E-state index contributed by atoms with van der Waals surface area (Å²) in [5.41, 5.74) is 0. The summed E-state index contributed by atoms with van der Waals surface area (Å²) in [7, 11) is 1.86. The molecule has 0 aromatic carbocycles. The number of nitrogens with zero attached hydrogens (tertiary/aromatic N) is 3. The summed E-state index contributed by atoms with van der Waals surface area (Å²) < 4.78 is 7.13. The highest BCUT2D eigenvalue weighted by Gasteiger charge is 2.15. The van der Waals surface area contributed by atoms with Gasteiger partial charge in [0.25, 0.3) is 0 Å². The van der Waals surface area contributed by atoms with Gasteiger partial charge < -0.3 is 14.3 Å². The van der Waals surface area contributed by atoms with E-state index in [1.54, 1.807) is 12.3 Å². The van der Waals surface area contributed by atoms with Crippen LogP contribution in [0.25, 0.3) is 11.6 Å². The van der Waals surface area contributed by atoms with Gasteiger partial charge in [0, 0.05) is 13.1 Å². The van der Waals surface area contributed by atoms with Crippen molar-refractivity contribution in [3.8, 4) is 11.6 Å². The smallest absolute Gasteiger partial charge is 0.230 e. The Bertz CT molecular complexity index is 592. The summed E-state index contributed by atoms with van der Waals surface area (Å²) in [6.07, 6.45) is 1.59. The summed E-state index contributed by atoms with van der Waals surface area (Å²) in [6.45, 7) is 6.16. The van der Waals surface area contributed by atoms with Crippen molar-refractivity contribution in [3.05, 3.63) is 18.4 Å². The van der Waals surface area contributed by atoms with E-state index in [9.17, 15) is 4.79 Å². The third kappa shape index (κ3) is 3.87. The van der Waals surface area contributed by atoms with Gasteiger partial charge in [0.15, 0.2) is 16.7 Å². The maximum atomic E-state index is 11.9. The first-order valence-electron chi connectivity index (χ1n) is 6.84. The summed E-state index contributed by atoms with van der Waals surface area (Å²) in [4.78, 5) is 11.9. The lowest BCUT2D eigenvalue weighted by molar-refractivity contribution is -0.119. The fourth-order valence-electron chi connectivity index (χ4n) is 1.65. The number of rotatable bonds is 6. The fraction of sp³-hybridized carbons (Fsp3) is 0.500. The number of aromatic nitrogens is 3. The first-order valence-corrected chi connectivity index (χ1v) is 7.83. The van der Waals surface area contributed by atoms with E-state index in [0.717, 1.165) is 0 Å². The van der Waals surface area contributed by atoms with Gasteiger partial charge in [0.05, 0.1) is 12.0 Å². The zero-order valence-corrected chi connectivity index (χ0v) is 13.5. The molecule has 114 valence electrons. The summed E-state index contributed by atoms with van der Waals surface area (Å²) >= 11 is 1.36. The first kappa shape index (κ1) is 15.6. The molecule has 21 heavy (non-hydrogen) atoms. The van der Waals surface area contributed by atoms with Crippen molar-refractivity contribution in [1.29, 1.82) is 0 Å². The maximum absolute atomic E-state index is 11.9. The molecule has 2 heterocycles. The molecule has 2 aromatic heterocycles. The van der Waals surface area contributed by atoms with Crippen molar-refractivity contribution in [1.82, 2.24) is 20.1 Å². The van der Waals surface area contributed by atoms with Crippen LogP contribution < -0.4 is 5.32 Å². The Morgan fingerprint density at radius 3 is 2.81 bits per heavy atom. The average molecular weight is 308 g/mol. The molecule has 0 aliphatic carbocycles. The highest BCUT2D eigenvalue weighted by atomic mass is 32.2.